The maximum atomic E-state index is 5.18. The van der Waals surface area contributed by atoms with Crippen molar-refractivity contribution in [2.24, 2.45) is 4.99 Å². The Kier molecular flexibility index (Phi) is 3.62. The first-order chi connectivity index (χ1) is 11.3. The van der Waals surface area contributed by atoms with Crippen LogP contribution >= 0.6 is 0 Å². The molecule has 3 heteroatoms. The van der Waals surface area contributed by atoms with Crippen LogP contribution < -0.4 is 4.74 Å². The normalized spacial score (nSPS) is 14.3. The quantitative estimate of drug-likeness (QED) is 0.693. The second-order valence-corrected chi connectivity index (χ2v) is 6.05. The molecule has 0 fully saturated rings. The third-order valence-corrected chi connectivity index (χ3v) is 4.56. The summed E-state index contributed by atoms with van der Waals surface area (Å²) in [6, 6.07) is 14.4. The predicted octanol–water partition coefficient (Wildman–Crippen LogP) is 4.81. The fourth-order valence-electron chi connectivity index (χ4n) is 3.31. The van der Waals surface area contributed by atoms with Crippen LogP contribution in [0, 0.1) is 0 Å². The van der Waals surface area contributed by atoms with Gasteiger partial charge >= 0.3 is 0 Å². The van der Waals surface area contributed by atoms with Gasteiger partial charge in [-0.05, 0) is 79.3 Å². The Balaban J connectivity index is 1.64. The van der Waals surface area contributed by atoms with E-state index in [1.165, 1.54) is 47.8 Å². The number of benzene rings is 2. The molecule has 1 aromatic heterocycles. The minimum Gasteiger partial charge on any atom is -0.497 e. The molecule has 4 rings (SSSR count). The zero-order valence-corrected chi connectivity index (χ0v) is 13.3. The number of H-pyrrole nitrogens is 1. The van der Waals surface area contributed by atoms with Gasteiger partial charge in [-0.2, -0.15) is 0 Å². The Morgan fingerprint density at radius 1 is 1.04 bits per heavy atom. The summed E-state index contributed by atoms with van der Waals surface area (Å²) in [5.41, 5.74) is 6.22. The van der Waals surface area contributed by atoms with Gasteiger partial charge in [0, 0.05) is 22.8 Å². The first-order valence-electron chi connectivity index (χ1n) is 8.15. The molecule has 3 nitrogen and oxygen atoms in total. The van der Waals surface area contributed by atoms with Crippen molar-refractivity contribution < 1.29 is 4.74 Å². The Morgan fingerprint density at radius 3 is 2.70 bits per heavy atom. The molecule has 2 aromatic carbocycles. The molecule has 0 atom stereocenters. The molecular formula is C20H20N2O. The summed E-state index contributed by atoms with van der Waals surface area (Å²) in [6.07, 6.45) is 6.84. The maximum Gasteiger partial charge on any atom is 0.118 e. The number of methoxy groups -OCH3 is 1. The molecule has 116 valence electrons. The summed E-state index contributed by atoms with van der Waals surface area (Å²) in [4.78, 5) is 8.19. The van der Waals surface area contributed by atoms with Gasteiger partial charge in [0.25, 0.3) is 0 Å². The molecule has 0 saturated heterocycles. The fourth-order valence-corrected chi connectivity index (χ4v) is 3.31. The summed E-state index contributed by atoms with van der Waals surface area (Å²) in [5, 5.41) is 1.34. The van der Waals surface area contributed by atoms with Gasteiger partial charge in [-0.15, -0.1) is 0 Å². The van der Waals surface area contributed by atoms with Crippen molar-refractivity contribution >= 4 is 22.8 Å². The van der Waals surface area contributed by atoms with Gasteiger partial charge in [0.2, 0.25) is 0 Å². The first kappa shape index (κ1) is 14.1. The van der Waals surface area contributed by atoms with Crippen LogP contribution in [-0.2, 0) is 12.8 Å². The number of rotatable bonds is 3. The standard InChI is InChI=1S/C20H20N2O/c1-23-16-9-6-14(7-10-16)13-21-15-8-11-20-18(12-15)17-4-2-3-5-19(17)22-20/h6-13,22H,2-5H2,1H3. The van der Waals surface area contributed by atoms with E-state index in [-0.39, 0.29) is 0 Å². The van der Waals surface area contributed by atoms with E-state index in [2.05, 4.69) is 28.2 Å². The Morgan fingerprint density at radius 2 is 1.87 bits per heavy atom. The smallest absolute Gasteiger partial charge is 0.118 e. The highest BCUT2D eigenvalue weighted by molar-refractivity contribution is 5.89. The Hall–Kier alpha value is -2.55. The van der Waals surface area contributed by atoms with E-state index in [4.69, 9.17) is 4.74 Å². The van der Waals surface area contributed by atoms with E-state index in [0.717, 1.165) is 17.0 Å². The van der Waals surface area contributed by atoms with E-state index >= 15 is 0 Å². The molecule has 0 radical (unpaired) electrons. The van der Waals surface area contributed by atoms with Gasteiger partial charge in [0.05, 0.1) is 12.8 Å². The van der Waals surface area contributed by atoms with Gasteiger partial charge < -0.3 is 9.72 Å². The molecule has 1 N–H and O–H groups in total. The largest absolute Gasteiger partial charge is 0.497 e. The van der Waals surface area contributed by atoms with Crippen LogP contribution in [0.2, 0.25) is 0 Å². The molecule has 1 aliphatic rings. The van der Waals surface area contributed by atoms with Crippen LogP contribution in [0.4, 0.5) is 5.69 Å². The number of hydrogen-bond acceptors (Lipinski definition) is 2. The molecule has 0 spiro atoms. The number of aliphatic imine (C=N–C) groups is 1. The minimum absolute atomic E-state index is 0.863. The van der Waals surface area contributed by atoms with Gasteiger partial charge in [0.1, 0.15) is 5.75 Å². The number of fused-ring (bicyclic) bond motifs is 3. The summed E-state index contributed by atoms with van der Waals surface area (Å²) < 4.78 is 5.18. The molecule has 0 bridgehead atoms. The third-order valence-electron chi connectivity index (χ3n) is 4.56. The summed E-state index contributed by atoms with van der Waals surface area (Å²) in [6.45, 7) is 0. The van der Waals surface area contributed by atoms with E-state index in [1.54, 1.807) is 7.11 Å². The van der Waals surface area contributed by atoms with Crippen molar-refractivity contribution in [3.8, 4) is 5.75 Å². The van der Waals surface area contributed by atoms with Gasteiger partial charge in [-0.1, -0.05) is 0 Å². The zero-order chi connectivity index (χ0) is 15.6. The molecule has 1 heterocycles. The van der Waals surface area contributed by atoms with E-state index in [1.807, 2.05) is 30.5 Å². The van der Waals surface area contributed by atoms with E-state index in [9.17, 15) is 0 Å². The van der Waals surface area contributed by atoms with E-state index < -0.39 is 0 Å². The molecule has 0 unspecified atom stereocenters. The average molecular weight is 304 g/mol. The van der Waals surface area contributed by atoms with Crippen molar-refractivity contribution in [3.05, 3.63) is 59.3 Å². The van der Waals surface area contributed by atoms with Gasteiger partial charge in [-0.25, -0.2) is 0 Å². The number of nitrogens with one attached hydrogen (secondary N) is 1. The number of aryl methyl sites for hydroxylation is 2. The lowest BCUT2D eigenvalue weighted by molar-refractivity contribution is 0.415. The number of aromatic amines is 1. The highest BCUT2D eigenvalue weighted by atomic mass is 16.5. The lowest BCUT2D eigenvalue weighted by Crippen LogP contribution is -1.99. The number of nitrogens with zero attached hydrogens (tertiary/aromatic N) is 1. The van der Waals surface area contributed by atoms with Gasteiger partial charge in [0.15, 0.2) is 0 Å². The second-order valence-electron chi connectivity index (χ2n) is 6.05. The number of hydrogen-bond donors (Lipinski definition) is 1. The Bertz CT molecular complexity index is 859. The molecule has 0 saturated carbocycles. The molecule has 3 aromatic rings. The highest BCUT2D eigenvalue weighted by Gasteiger charge is 2.15. The molecule has 0 amide bonds. The minimum atomic E-state index is 0.863. The monoisotopic (exact) mass is 304 g/mol. The van der Waals surface area contributed by atoms with Crippen molar-refractivity contribution in [2.45, 2.75) is 25.7 Å². The summed E-state index contributed by atoms with van der Waals surface area (Å²) in [7, 11) is 1.68. The van der Waals surface area contributed by atoms with Crippen LogP contribution in [0.1, 0.15) is 29.7 Å². The topological polar surface area (TPSA) is 37.4 Å². The van der Waals surface area contributed by atoms with Crippen molar-refractivity contribution in [1.82, 2.24) is 4.98 Å². The highest BCUT2D eigenvalue weighted by Crippen LogP contribution is 2.31. The maximum absolute atomic E-state index is 5.18. The van der Waals surface area contributed by atoms with Crippen LogP contribution in [0.15, 0.2) is 47.5 Å². The lowest BCUT2D eigenvalue weighted by Gasteiger charge is -2.10. The van der Waals surface area contributed by atoms with Crippen LogP contribution in [-0.4, -0.2) is 18.3 Å². The first-order valence-corrected chi connectivity index (χ1v) is 8.15. The SMILES string of the molecule is COc1ccc(C=Nc2ccc3[nH]c4c(c3c2)CCCC4)cc1. The predicted molar refractivity (Wildman–Crippen MR) is 95.2 cm³/mol. The third kappa shape index (κ3) is 2.74. The van der Waals surface area contributed by atoms with Gasteiger partial charge in [-0.3, -0.25) is 4.99 Å². The second kappa shape index (κ2) is 5.92. The average Bonchev–Trinajstić information content (AvgIpc) is 2.98. The van der Waals surface area contributed by atoms with Crippen LogP contribution in [0.3, 0.4) is 0 Å². The zero-order valence-electron chi connectivity index (χ0n) is 13.3. The van der Waals surface area contributed by atoms with Crippen LogP contribution in [0.5, 0.6) is 5.75 Å². The summed E-state index contributed by atoms with van der Waals surface area (Å²) in [5.74, 6) is 0.863. The van der Waals surface area contributed by atoms with E-state index in [0.29, 0.717) is 0 Å². The van der Waals surface area contributed by atoms with Crippen LogP contribution in [0.25, 0.3) is 10.9 Å². The number of aromatic nitrogens is 1. The van der Waals surface area contributed by atoms with Crippen molar-refractivity contribution in [3.63, 3.8) is 0 Å². The lowest BCUT2D eigenvalue weighted by atomic mass is 9.95. The fraction of sp³-hybridized carbons (Fsp3) is 0.250. The number of ether oxygens (including phenoxy) is 1. The Labute approximate surface area is 136 Å². The molecular weight excluding hydrogens is 284 g/mol. The molecule has 23 heavy (non-hydrogen) atoms. The molecule has 0 aliphatic heterocycles. The van der Waals surface area contributed by atoms with Crippen molar-refractivity contribution in [2.75, 3.05) is 7.11 Å². The molecule has 1 aliphatic carbocycles. The van der Waals surface area contributed by atoms with Crippen molar-refractivity contribution in [1.29, 1.82) is 0 Å². The summed E-state index contributed by atoms with van der Waals surface area (Å²) >= 11 is 0.